The Hall–Kier alpha value is -10.1. The van der Waals surface area contributed by atoms with Gasteiger partial charge in [-0.2, -0.15) is 0 Å². The van der Waals surface area contributed by atoms with Crippen molar-refractivity contribution in [1.82, 2.24) is 29.9 Å². The van der Waals surface area contributed by atoms with Crippen molar-refractivity contribution in [1.29, 1.82) is 0 Å². The normalized spacial score (nSPS) is 14.1. The fourth-order valence-corrected chi connectivity index (χ4v) is 14.9. The van der Waals surface area contributed by atoms with E-state index in [9.17, 15) is 0 Å². The Labute approximate surface area is 480 Å². The Morgan fingerprint density at radius 1 is 0.195 bits per heavy atom. The molecule has 11 aromatic carbocycles. The maximum atomic E-state index is 5.14. The van der Waals surface area contributed by atoms with Crippen LogP contribution in [0.2, 0.25) is 0 Å². The van der Waals surface area contributed by atoms with Crippen molar-refractivity contribution in [2.75, 3.05) is 0 Å². The molecule has 382 valence electrons. The number of thiophene rings is 2. The third-order valence-electron chi connectivity index (χ3n) is 16.6. The van der Waals surface area contributed by atoms with Crippen LogP contribution in [-0.4, -0.2) is 29.9 Å². The fourth-order valence-electron chi connectivity index (χ4n) is 12.6. The SMILES string of the molecule is c1ccc(-c2nc(-c3ccc(-c4ccc5c(c4)C4c6ccccc6C5c5cc(-c6ccc(-c7nc(-c8ccccc8)nc(-c8ccc9c(c8)sc8ccccc89)n7)cc6)ccc54)cc3)nc(-c3ccc4c(c3)sc3ccccc34)n2)cc1. The Kier molecular flexibility index (Phi) is 10.7. The van der Waals surface area contributed by atoms with Gasteiger partial charge < -0.3 is 0 Å². The van der Waals surface area contributed by atoms with Crippen molar-refractivity contribution in [3.63, 3.8) is 0 Å². The van der Waals surface area contributed by atoms with Crippen LogP contribution in [0.25, 0.3) is 131 Å². The third kappa shape index (κ3) is 7.75. The van der Waals surface area contributed by atoms with Gasteiger partial charge in [0.25, 0.3) is 0 Å². The summed E-state index contributed by atoms with van der Waals surface area (Å²) in [5, 5.41) is 5.04. The van der Waals surface area contributed by atoms with Gasteiger partial charge in [0.1, 0.15) is 0 Å². The quantitative estimate of drug-likeness (QED) is 0.151. The zero-order valence-electron chi connectivity index (χ0n) is 43.9. The van der Waals surface area contributed by atoms with Gasteiger partial charge in [-0.1, -0.05) is 218 Å². The molecule has 0 spiro atoms. The van der Waals surface area contributed by atoms with E-state index >= 15 is 0 Å². The van der Waals surface area contributed by atoms with Gasteiger partial charge in [0, 0.05) is 85.6 Å². The minimum atomic E-state index is 0.116. The second kappa shape index (κ2) is 18.7. The van der Waals surface area contributed by atoms with Gasteiger partial charge in [-0.15, -0.1) is 22.7 Å². The Morgan fingerprint density at radius 3 is 0.902 bits per heavy atom. The maximum absolute atomic E-state index is 5.14. The summed E-state index contributed by atoms with van der Waals surface area (Å²) in [7, 11) is 0. The molecule has 82 heavy (non-hydrogen) atoms. The van der Waals surface area contributed by atoms with Crippen LogP contribution in [0.5, 0.6) is 0 Å². The Morgan fingerprint density at radius 2 is 0.488 bits per heavy atom. The van der Waals surface area contributed by atoms with Crippen molar-refractivity contribution < 1.29 is 0 Å². The van der Waals surface area contributed by atoms with E-state index in [0.717, 1.165) is 44.5 Å². The Balaban J connectivity index is 0.685. The molecule has 8 heteroatoms. The van der Waals surface area contributed by atoms with Crippen LogP contribution in [0.3, 0.4) is 0 Å². The summed E-state index contributed by atoms with van der Waals surface area (Å²) in [6.45, 7) is 0. The molecule has 18 rings (SSSR count). The molecule has 3 aliphatic carbocycles. The van der Waals surface area contributed by atoms with E-state index < -0.39 is 0 Å². The van der Waals surface area contributed by atoms with Gasteiger partial charge in [0.05, 0.1) is 0 Å². The molecule has 0 aliphatic heterocycles. The minimum absolute atomic E-state index is 0.116. The standard InChI is InChI=1S/C74H44N6S2/c1-3-13-45(14-4-1)69-75-71(79-73(77-69)51-33-35-55-53-17-9-11-21-63(53)81-65(55)41-51)47-27-23-43(24-28-47)49-31-37-59-61(39-49)67-57-19-7-8-20-58(57)68(59)62-40-50(32-38-60(62)67)44-25-29-48(30-26-44)72-76-70(46-15-5-2-6-16-46)78-74(80-72)52-34-36-56-54-18-10-12-22-64(54)82-66(56)42-52/h1-42,67-68H. The summed E-state index contributed by atoms with van der Waals surface area (Å²) < 4.78 is 4.97. The molecular formula is C74H44N6S2. The zero-order valence-corrected chi connectivity index (χ0v) is 45.5. The van der Waals surface area contributed by atoms with Crippen molar-refractivity contribution in [3.8, 4) is 90.6 Å². The topological polar surface area (TPSA) is 77.3 Å². The number of benzene rings is 11. The molecule has 0 fully saturated rings. The lowest BCUT2D eigenvalue weighted by molar-refractivity contribution is 0.755. The van der Waals surface area contributed by atoms with E-state index in [1.807, 2.05) is 36.4 Å². The van der Waals surface area contributed by atoms with Crippen molar-refractivity contribution >= 4 is 63.0 Å². The second-order valence-electron chi connectivity index (χ2n) is 21.3. The molecule has 2 atom stereocenters. The predicted molar refractivity (Wildman–Crippen MR) is 337 cm³/mol. The molecule has 6 nitrogen and oxygen atoms in total. The summed E-state index contributed by atoms with van der Waals surface area (Å²) in [6.07, 6.45) is 0. The monoisotopic (exact) mass is 1080 g/mol. The first-order chi connectivity index (χ1) is 40.6. The van der Waals surface area contributed by atoms with E-state index in [2.05, 4.69) is 218 Å². The highest BCUT2D eigenvalue weighted by atomic mass is 32.1. The molecule has 0 N–H and O–H groups in total. The maximum Gasteiger partial charge on any atom is 0.164 e. The second-order valence-corrected chi connectivity index (χ2v) is 23.5. The number of fused-ring (bicyclic) bond motifs is 6. The fraction of sp³-hybridized carbons (Fsp3) is 0.0270. The van der Waals surface area contributed by atoms with Crippen LogP contribution in [0.4, 0.5) is 0 Å². The summed E-state index contributed by atoms with van der Waals surface area (Å²) in [4.78, 5) is 30.6. The molecule has 3 aliphatic rings. The van der Waals surface area contributed by atoms with E-state index in [1.165, 1.54) is 84.9 Å². The Bertz CT molecular complexity index is 4730. The summed E-state index contributed by atoms with van der Waals surface area (Å²) in [6, 6.07) is 91.4. The van der Waals surface area contributed by atoms with E-state index in [-0.39, 0.29) is 11.8 Å². The molecule has 2 bridgehead atoms. The van der Waals surface area contributed by atoms with Gasteiger partial charge in [-0.3, -0.25) is 0 Å². The van der Waals surface area contributed by atoms with Gasteiger partial charge in [-0.05, 0) is 92.0 Å². The molecule has 0 saturated carbocycles. The largest absolute Gasteiger partial charge is 0.208 e. The molecule has 15 aromatic rings. The van der Waals surface area contributed by atoms with Gasteiger partial charge >= 0.3 is 0 Å². The summed E-state index contributed by atoms with van der Waals surface area (Å²) in [5.74, 6) is 4.13. The number of hydrogen-bond donors (Lipinski definition) is 0. The minimum Gasteiger partial charge on any atom is -0.208 e. The number of hydrogen-bond acceptors (Lipinski definition) is 8. The van der Waals surface area contributed by atoms with Crippen LogP contribution in [0, 0.1) is 0 Å². The smallest absolute Gasteiger partial charge is 0.164 e. The number of nitrogens with zero attached hydrogens (tertiary/aromatic N) is 6. The lowest BCUT2D eigenvalue weighted by Gasteiger charge is -2.42. The van der Waals surface area contributed by atoms with Crippen LogP contribution in [0.15, 0.2) is 255 Å². The van der Waals surface area contributed by atoms with E-state index in [1.54, 1.807) is 22.7 Å². The van der Waals surface area contributed by atoms with Gasteiger partial charge in [0.15, 0.2) is 34.9 Å². The predicted octanol–water partition coefficient (Wildman–Crippen LogP) is 19.1. The van der Waals surface area contributed by atoms with E-state index in [0.29, 0.717) is 34.9 Å². The van der Waals surface area contributed by atoms with E-state index in [4.69, 9.17) is 29.9 Å². The molecular weight excluding hydrogens is 1040 g/mol. The highest BCUT2D eigenvalue weighted by Gasteiger charge is 2.41. The molecule has 0 saturated heterocycles. The summed E-state index contributed by atoms with van der Waals surface area (Å²) >= 11 is 3.60. The molecule has 4 heterocycles. The highest BCUT2D eigenvalue weighted by molar-refractivity contribution is 7.26. The van der Waals surface area contributed by atoms with Gasteiger partial charge in [-0.25, -0.2) is 29.9 Å². The van der Waals surface area contributed by atoms with Crippen LogP contribution in [0.1, 0.15) is 45.2 Å². The average Bonchev–Trinajstić information content (AvgIpc) is 3.00. The molecule has 0 radical (unpaired) electrons. The van der Waals surface area contributed by atoms with Crippen molar-refractivity contribution in [3.05, 3.63) is 288 Å². The summed E-state index contributed by atoms with van der Waals surface area (Å²) in [5.41, 5.74) is 18.6. The van der Waals surface area contributed by atoms with Crippen molar-refractivity contribution in [2.45, 2.75) is 11.8 Å². The first-order valence-electron chi connectivity index (χ1n) is 27.6. The van der Waals surface area contributed by atoms with Crippen molar-refractivity contribution in [2.24, 2.45) is 0 Å². The highest BCUT2D eigenvalue weighted by Crippen LogP contribution is 2.57. The van der Waals surface area contributed by atoms with Gasteiger partial charge in [0.2, 0.25) is 0 Å². The number of aromatic nitrogens is 6. The average molecular weight is 1080 g/mol. The van der Waals surface area contributed by atoms with Crippen LogP contribution >= 0.6 is 22.7 Å². The molecule has 0 amide bonds. The molecule has 2 unspecified atom stereocenters. The van der Waals surface area contributed by atoms with Crippen LogP contribution < -0.4 is 0 Å². The van der Waals surface area contributed by atoms with Crippen LogP contribution in [-0.2, 0) is 0 Å². The number of rotatable bonds is 8. The zero-order chi connectivity index (χ0) is 53.8. The first kappa shape index (κ1) is 46.8. The lowest BCUT2D eigenvalue weighted by atomic mass is 9.60. The first-order valence-corrected chi connectivity index (χ1v) is 29.3. The molecule has 4 aromatic heterocycles. The third-order valence-corrected chi connectivity index (χ3v) is 18.9. The lowest BCUT2D eigenvalue weighted by Crippen LogP contribution is -2.27.